The fourth-order valence-electron chi connectivity index (χ4n) is 3.85. The summed E-state index contributed by atoms with van der Waals surface area (Å²) in [5.74, 6) is -0.00457. The first-order chi connectivity index (χ1) is 18.8. The number of nitrogens with zero attached hydrogens (tertiary/aromatic N) is 4. The van der Waals surface area contributed by atoms with Crippen LogP contribution in [-0.4, -0.2) is 49.8 Å². The van der Waals surface area contributed by atoms with Gasteiger partial charge in [0.15, 0.2) is 5.82 Å². The monoisotopic (exact) mass is 534 g/mol. The van der Waals surface area contributed by atoms with E-state index in [1.165, 1.54) is 31.5 Å². The van der Waals surface area contributed by atoms with E-state index in [0.717, 1.165) is 10.2 Å². The van der Waals surface area contributed by atoms with Crippen LogP contribution in [0.5, 0.6) is 11.5 Å². The molecule has 0 radical (unpaired) electrons. The number of carbonyl (C=O) groups is 1. The van der Waals surface area contributed by atoms with E-state index in [-0.39, 0.29) is 35.5 Å². The van der Waals surface area contributed by atoms with Gasteiger partial charge in [-0.1, -0.05) is 13.0 Å². The van der Waals surface area contributed by atoms with Gasteiger partial charge >= 0.3 is 11.7 Å². The van der Waals surface area contributed by atoms with Crippen molar-refractivity contribution in [2.24, 2.45) is 5.73 Å². The van der Waals surface area contributed by atoms with Crippen LogP contribution in [0, 0.1) is 5.41 Å². The van der Waals surface area contributed by atoms with Crippen molar-refractivity contribution in [2.75, 3.05) is 18.6 Å². The molecule has 4 rings (SSSR count). The van der Waals surface area contributed by atoms with Gasteiger partial charge in [0, 0.05) is 31.1 Å². The van der Waals surface area contributed by atoms with E-state index in [1.54, 1.807) is 18.2 Å². The molecule has 39 heavy (non-hydrogen) atoms. The van der Waals surface area contributed by atoms with E-state index in [4.69, 9.17) is 20.6 Å². The number of amidine groups is 1. The summed E-state index contributed by atoms with van der Waals surface area (Å²) in [6, 6.07) is 11.0. The molecule has 0 amide bonds. The Bertz CT molecular complexity index is 1540. The smallest absolute Gasteiger partial charge is 0.350 e. The first-order valence-electron chi connectivity index (χ1n) is 12.0. The van der Waals surface area contributed by atoms with E-state index in [2.05, 4.69) is 25.4 Å². The average Bonchev–Trinajstić information content (AvgIpc) is 3.31. The fraction of sp³-hybridized carbons (Fsp3) is 0.231. The number of aryl methyl sites for hydroxylation is 1. The molecule has 0 saturated carbocycles. The Hall–Kier alpha value is -5.07. The molecule has 13 heteroatoms. The molecule has 0 saturated heterocycles. The Balaban J connectivity index is 1.83. The minimum absolute atomic E-state index is 0.0842. The molecule has 0 aliphatic carbocycles. The lowest BCUT2D eigenvalue weighted by atomic mass is 10.0. The summed E-state index contributed by atoms with van der Waals surface area (Å²) in [4.78, 5) is 35.4. The van der Waals surface area contributed by atoms with Crippen LogP contribution >= 0.6 is 0 Å². The van der Waals surface area contributed by atoms with Crippen molar-refractivity contribution in [3.8, 4) is 17.4 Å². The number of alkyl halides is 1. The van der Waals surface area contributed by atoms with Gasteiger partial charge in [0.05, 0.1) is 5.56 Å². The highest BCUT2D eigenvalue weighted by Crippen LogP contribution is 2.31. The summed E-state index contributed by atoms with van der Waals surface area (Å²) < 4.78 is 24.7. The van der Waals surface area contributed by atoms with Gasteiger partial charge in [0.2, 0.25) is 0 Å². The number of halogens is 1. The number of rotatable bonds is 11. The molecule has 0 bridgehead atoms. The van der Waals surface area contributed by atoms with Gasteiger partial charge in [0.1, 0.15) is 36.7 Å². The van der Waals surface area contributed by atoms with Crippen molar-refractivity contribution in [1.82, 2.24) is 24.7 Å². The number of nitrogens with one attached hydrogen (secondary N) is 3. The second-order valence-corrected chi connectivity index (χ2v) is 8.37. The largest absolute Gasteiger partial charge is 0.491 e. The number of esters is 1. The molecular formula is C26H27FN8O4. The van der Waals surface area contributed by atoms with Gasteiger partial charge < -0.3 is 20.5 Å². The molecule has 0 aliphatic rings. The second kappa shape index (κ2) is 12.0. The Morgan fingerprint density at radius 1 is 1.23 bits per heavy atom. The SMILES string of the molecule is CCc1cc(OCCF)cc([C@H](Nc2ccc(C(=N)N)c(OC(C)=O)c2)c2nn(-c3ncccn3)c(=O)[nH]2)c1. The van der Waals surface area contributed by atoms with Gasteiger partial charge in [0.25, 0.3) is 5.95 Å². The van der Waals surface area contributed by atoms with E-state index >= 15 is 0 Å². The van der Waals surface area contributed by atoms with E-state index < -0.39 is 24.4 Å². The van der Waals surface area contributed by atoms with Crippen LogP contribution in [0.3, 0.4) is 0 Å². The van der Waals surface area contributed by atoms with Crippen LogP contribution in [0.25, 0.3) is 5.95 Å². The van der Waals surface area contributed by atoms with Gasteiger partial charge in [-0.25, -0.2) is 19.2 Å². The number of hydrogen-bond donors (Lipinski definition) is 4. The number of H-pyrrole nitrogens is 1. The second-order valence-electron chi connectivity index (χ2n) is 8.37. The maximum Gasteiger partial charge on any atom is 0.350 e. The molecule has 0 unspecified atom stereocenters. The van der Waals surface area contributed by atoms with Crippen LogP contribution in [0.1, 0.15) is 42.4 Å². The maximum absolute atomic E-state index is 12.8. The third kappa shape index (κ3) is 6.44. The van der Waals surface area contributed by atoms with Crippen molar-refractivity contribution in [3.63, 3.8) is 0 Å². The minimum Gasteiger partial charge on any atom is -0.491 e. The summed E-state index contributed by atoms with van der Waals surface area (Å²) in [5, 5.41) is 15.5. The van der Waals surface area contributed by atoms with Crippen LogP contribution in [0.2, 0.25) is 0 Å². The van der Waals surface area contributed by atoms with Crippen molar-refractivity contribution in [1.29, 1.82) is 5.41 Å². The number of aromatic nitrogens is 5. The molecule has 2 aromatic carbocycles. The molecule has 0 aliphatic heterocycles. The van der Waals surface area contributed by atoms with Crippen LogP contribution in [0.4, 0.5) is 10.1 Å². The summed E-state index contributed by atoms with van der Waals surface area (Å²) in [5.41, 5.74) is 7.37. The molecule has 2 heterocycles. The molecule has 202 valence electrons. The van der Waals surface area contributed by atoms with Crippen LogP contribution in [-0.2, 0) is 11.2 Å². The summed E-state index contributed by atoms with van der Waals surface area (Å²) in [6.07, 6.45) is 3.65. The predicted octanol–water partition coefficient (Wildman–Crippen LogP) is 2.67. The molecule has 12 nitrogen and oxygen atoms in total. The van der Waals surface area contributed by atoms with Crippen molar-refractivity contribution in [2.45, 2.75) is 26.3 Å². The lowest BCUT2D eigenvalue weighted by Gasteiger charge is -2.21. The molecule has 0 spiro atoms. The standard InChI is InChI=1S/C26H27FN8O4/c1-3-16-11-17(13-19(12-16)38-10-7-27)22(24-33-26(37)35(34-24)25-30-8-4-9-31-25)32-18-5-6-20(23(28)29)21(14-18)39-15(2)36/h4-6,8-9,11-14,22,32H,3,7,10H2,1-2H3,(H3,28,29)(H,33,34,37)/t22-/m0/s1. The third-order valence-corrected chi connectivity index (χ3v) is 5.56. The highest BCUT2D eigenvalue weighted by Gasteiger charge is 2.23. The number of nitrogen functional groups attached to an aromatic ring is 1. The average molecular weight is 535 g/mol. The number of hydrogen-bond acceptors (Lipinski definition) is 9. The Kier molecular flexibility index (Phi) is 8.29. The van der Waals surface area contributed by atoms with Gasteiger partial charge in [-0.15, -0.1) is 9.78 Å². The number of carbonyl (C=O) groups excluding carboxylic acids is 1. The lowest BCUT2D eigenvalue weighted by Crippen LogP contribution is -2.18. The molecule has 1 atom stereocenters. The molecule has 4 aromatic rings. The summed E-state index contributed by atoms with van der Waals surface area (Å²) in [6.45, 7) is 2.45. The van der Waals surface area contributed by atoms with E-state index in [0.29, 0.717) is 23.4 Å². The van der Waals surface area contributed by atoms with E-state index in [9.17, 15) is 14.0 Å². The summed E-state index contributed by atoms with van der Waals surface area (Å²) >= 11 is 0. The third-order valence-electron chi connectivity index (χ3n) is 5.56. The first-order valence-corrected chi connectivity index (χ1v) is 12.0. The van der Waals surface area contributed by atoms with Crippen molar-refractivity contribution >= 4 is 17.5 Å². The van der Waals surface area contributed by atoms with Crippen molar-refractivity contribution < 1.29 is 18.7 Å². The molecular weight excluding hydrogens is 507 g/mol. The quantitative estimate of drug-likeness (QED) is 0.0976. The zero-order valence-corrected chi connectivity index (χ0v) is 21.3. The van der Waals surface area contributed by atoms with Gasteiger partial charge in [-0.2, -0.15) is 0 Å². The van der Waals surface area contributed by atoms with Crippen LogP contribution < -0.4 is 26.2 Å². The summed E-state index contributed by atoms with van der Waals surface area (Å²) in [7, 11) is 0. The highest BCUT2D eigenvalue weighted by molar-refractivity contribution is 5.98. The van der Waals surface area contributed by atoms with Gasteiger partial charge in [-0.05, 0) is 47.9 Å². The molecule has 2 aromatic heterocycles. The van der Waals surface area contributed by atoms with E-state index in [1.807, 2.05) is 19.1 Å². The normalized spacial score (nSPS) is 11.6. The maximum atomic E-state index is 12.8. The van der Waals surface area contributed by atoms with Crippen molar-refractivity contribution in [3.05, 3.63) is 87.9 Å². The first kappa shape index (κ1) is 27.0. The lowest BCUT2D eigenvalue weighted by molar-refractivity contribution is -0.131. The Labute approximate surface area is 222 Å². The number of anilines is 1. The zero-order valence-electron chi connectivity index (χ0n) is 21.3. The Morgan fingerprint density at radius 3 is 2.67 bits per heavy atom. The number of aromatic amines is 1. The Morgan fingerprint density at radius 2 is 2.00 bits per heavy atom. The fourth-order valence-corrected chi connectivity index (χ4v) is 3.85. The number of ether oxygens (including phenoxy) is 2. The molecule has 0 fully saturated rings. The predicted molar refractivity (Wildman–Crippen MR) is 141 cm³/mol. The minimum atomic E-state index is -0.754. The number of benzene rings is 2. The van der Waals surface area contributed by atoms with Gasteiger partial charge in [-0.3, -0.25) is 15.2 Å². The molecule has 5 N–H and O–H groups in total. The van der Waals surface area contributed by atoms with Crippen LogP contribution in [0.15, 0.2) is 59.7 Å². The topological polar surface area (TPSA) is 174 Å². The number of nitrogens with two attached hydrogens (primary N) is 1. The highest BCUT2D eigenvalue weighted by atomic mass is 19.1. The zero-order chi connectivity index (χ0) is 27.9.